The van der Waals surface area contributed by atoms with Crippen LogP contribution in [0.5, 0.6) is 0 Å². The van der Waals surface area contributed by atoms with Gasteiger partial charge in [0.05, 0.1) is 11.5 Å². The summed E-state index contributed by atoms with van der Waals surface area (Å²) in [5.74, 6) is -0.210. The van der Waals surface area contributed by atoms with Gasteiger partial charge in [-0.15, -0.1) is 0 Å². The van der Waals surface area contributed by atoms with Gasteiger partial charge in [0.1, 0.15) is 0 Å². The van der Waals surface area contributed by atoms with Crippen molar-refractivity contribution in [1.82, 2.24) is 4.90 Å². The fourth-order valence-corrected chi connectivity index (χ4v) is 5.39. The first kappa shape index (κ1) is 16.0. The van der Waals surface area contributed by atoms with Crippen LogP contribution in [0.2, 0.25) is 0 Å². The van der Waals surface area contributed by atoms with Gasteiger partial charge in [-0.2, -0.15) is 0 Å². The van der Waals surface area contributed by atoms with Gasteiger partial charge in [0, 0.05) is 29.8 Å². The molecule has 0 N–H and O–H groups in total. The second kappa shape index (κ2) is 5.52. The van der Waals surface area contributed by atoms with E-state index in [-0.39, 0.29) is 29.2 Å². The van der Waals surface area contributed by atoms with Crippen molar-refractivity contribution in [1.29, 1.82) is 0 Å². The molecule has 2 aromatic carbocycles. The van der Waals surface area contributed by atoms with Crippen molar-refractivity contribution < 1.29 is 18.0 Å². The number of nitrogens with zero attached hydrogens (tertiary/aromatic N) is 1. The Balaban J connectivity index is 1.65. The smallest absolute Gasteiger partial charge is 0.253 e. The van der Waals surface area contributed by atoms with E-state index in [1.54, 1.807) is 31.3 Å². The molecule has 128 valence electrons. The zero-order valence-corrected chi connectivity index (χ0v) is 14.5. The molecule has 0 radical (unpaired) electrons. The Morgan fingerprint density at radius 3 is 2.40 bits per heavy atom. The fourth-order valence-electron chi connectivity index (χ4n) is 3.61. The summed E-state index contributed by atoms with van der Waals surface area (Å²) in [6, 6.07) is 12.2. The van der Waals surface area contributed by atoms with Crippen LogP contribution in [0.15, 0.2) is 42.5 Å². The number of rotatable bonds is 2. The van der Waals surface area contributed by atoms with Crippen molar-refractivity contribution in [3.8, 4) is 11.1 Å². The maximum atomic E-state index is 12.7. The van der Waals surface area contributed by atoms with Crippen LogP contribution in [0.1, 0.15) is 32.7 Å². The third-order valence-corrected chi connectivity index (χ3v) is 6.80. The molecule has 0 aromatic heterocycles. The molecule has 25 heavy (non-hydrogen) atoms. The average Bonchev–Trinajstić information content (AvgIpc) is 3.12. The maximum absolute atomic E-state index is 12.7. The Bertz CT molecular complexity index is 1010. The van der Waals surface area contributed by atoms with Crippen LogP contribution in [0.25, 0.3) is 11.1 Å². The topological polar surface area (TPSA) is 71.5 Å². The van der Waals surface area contributed by atoms with Crippen LogP contribution in [0, 0.1) is 0 Å². The minimum Gasteiger partial charge on any atom is -0.338 e. The van der Waals surface area contributed by atoms with Crippen molar-refractivity contribution in [2.24, 2.45) is 0 Å². The summed E-state index contributed by atoms with van der Waals surface area (Å²) in [5.41, 5.74) is 3.31. The molecule has 2 aromatic rings. The Morgan fingerprint density at radius 1 is 1.04 bits per heavy atom. The van der Waals surface area contributed by atoms with Crippen molar-refractivity contribution in [3.63, 3.8) is 0 Å². The van der Waals surface area contributed by atoms with E-state index in [1.165, 1.54) is 4.90 Å². The third kappa shape index (κ3) is 2.57. The largest absolute Gasteiger partial charge is 0.338 e. The van der Waals surface area contributed by atoms with Crippen LogP contribution >= 0.6 is 0 Å². The van der Waals surface area contributed by atoms with Gasteiger partial charge >= 0.3 is 0 Å². The number of hydrogen-bond acceptors (Lipinski definition) is 4. The summed E-state index contributed by atoms with van der Waals surface area (Å²) in [5, 5.41) is 0. The summed E-state index contributed by atoms with van der Waals surface area (Å²) in [6.45, 7) is 0. The zero-order chi connectivity index (χ0) is 17.8. The molecule has 4 rings (SSSR count). The molecule has 1 amide bonds. The minimum absolute atomic E-state index is 0.00452. The van der Waals surface area contributed by atoms with E-state index in [0.717, 1.165) is 11.1 Å². The fraction of sp³-hybridized carbons (Fsp3) is 0.263. The molecule has 5 nitrogen and oxygen atoms in total. The Labute approximate surface area is 146 Å². The van der Waals surface area contributed by atoms with Gasteiger partial charge in [-0.3, -0.25) is 9.59 Å². The minimum atomic E-state index is -3.06. The van der Waals surface area contributed by atoms with E-state index >= 15 is 0 Å². The van der Waals surface area contributed by atoms with E-state index in [1.807, 2.05) is 18.2 Å². The molecule has 6 heteroatoms. The molecule has 2 aliphatic rings. The van der Waals surface area contributed by atoms with Crippen LogP contribution in [-0.2, 0) is 9.84 Å². The molecule has 1 aliphatic carbocycles. The number of hydrogen-bond donors (Lipinski definition) is 0. The van der Waals surface area contributed by atoms with Gasteiger partial charge in [-0.05, 0) is 29.7 Å². The van der Waals surface area contributed by atoms with Gasteiger partial charge in [0.25, 0.3) is 5.91 Å². The third-order valence-electron chi connectivity index (χ3n) is 5.05. The van der Waals surface area contributed by atoms with E-state index < -0.39 is 9.84 Å². The van der Waals surface area contributed by atoms with Crippen molar-refractivity contribution in [2.45, 2.75) is 12.5 Å². The van der Waals surface area contributed by atoms with Crippen LogP contribution < -0.4 is 0 Å². The second-order valence-electron chi connectivity index (χ2n) is 6.61. The lowest BCUT2D eigenvalue weighted by Gasteiger charge is -2.23. The number of sulfone groups is 1. The first-order chi connectivity index (χ1) is 11.9. The Morgan fingerprint density at radius 2 is 1.72 bits per heavy atom. The normalized spacial score (nSPS) is 20.2. The molecule has 1 aliphatic heterocycles. The number of benzene rings is 2. The zero-order valence-electron chi connectivity index (χ0n) is 13.7. The van der Waals surface area contributed by atoms with E-state index in [9.17, 15) is 18.0 Å². The number of carbonyl (C=O) groups is 2. The predicted octanol–water partition coefficient (Wildman–Crippen LogP) is 2.16. The van der Waals surface area contributed by atoms with E-state index in [4.69, 9.17) is 0 Å². The highest BCUT2D eigenvalue weighted by atomic mass is 32.2. The molecule has 1 fully saturated rings. The predicted molar refractivity (Wildman–Crippen MR) is 94.5 cm³/mol. The molecular formula is C19H17NO4S. The quantitative estimate of drug-likeness (QED) is 0.706. The van der Waals surface area contributed by atoms with E-state index in [0.29, 0.717) is 23.1 Å². The summed E-state index contributed by atoms with van der Waals surface area (Å²) in [7, 11) is -1.44. The number of fused-ring (bicyclic) bond motifs is 3. The number of ketones is 1. The lowest BCUT2D eigenvalue weighted by Crippen LogP contribution is -2.37. The lowest BCUT2D eigenvalue weighted by molar-refractivity contribution is 0.0747. The molecule has 0 saturated carbocycles. The van der Waals surface area contributed by atoms with Crippen molar-refractivity contribution in [3.05, 3.63) is 59.2 Å². The highest BCUT2D eigenvalue weighted by molar-refractivity contribution is 7.91. The lowest BCUT2D eigenvalue weighted by atomic mass is 10.0. The number of carbonyl (C=O) groups excluding carboxylic acids is 2. The molecule has 1 heterocycles. The van der Waals surface area contributed by atoms with Crippen LogP contribution in [0.3, 0.4) is 0 Å². The monoisotopic (exact) mass is 355 g/mol. The van der Waals surface area contributed by atoms with Gasteiger partial charge in [0.2, 0.25) is 0 Å². The first-order valence-electron chi connectivity index (χ1n) is 8.13. The molecule has 1 saturated heterocycles. The first-order valence-corrected chi connectivity index (χ1v) is 9.95. The molecule has 1 unspecified atom stereocenters. The second-order valence-corrected chi connectivity index (χ2v) is 8.84. The molecule has 0 spiro atoms. The van der Waals surface area contributed by atoms with E-state index in [2.05, 4.69) is 0 Å². The van der Waals surface area contributed by atoms with Gasteiger partial charge < -0.3 is 4.90 Å². The van der Waals surface area contributed by atoms with Crippen LogP contribution in [0.4, 0.5) is 0 Å². The van der Waals surface area contributed by atoms with Gasteiger partial charge in [-0.1, -0.05) is 30.3 Å². The standard InChI is InChI=1S/C19H17NO4S/c1-20(13-8-9-25(23,24)11-13)19(22)12-6-7-15-14-4-2-3-5-16(14)18(21)17(15)10-12/h2-7,10,13H,8-9,11H2,1H3. The Kier molecular flexibility index (Phi) is 3.54. The Hall–Kier alpha value is -2.47. The molecule has 1 atom stereocenters. The maximum Gasteiger partial charge on any atom is 0.253 e. The van der Waals surface area contributed by atoms with Gasteiger partial charge in [-0.25, -0.2) is 8.42 Å². The van der Waals surface area contributed by atoms with Gasteiger partial charge in [0.15, 0.2) is 15.6 Å². The van der Waals surface area contributed by atoms with Crippen molar-refractivity contribution >= 4 is 21.5 Å². The summed E-state index contributed by atoms with van der Waals surface area (Å²) < 4.78 is 23.3. The summed E-state index contributed by atoms with van der Waals surface area (Å²) in [6.07, 6.45) is 0.458. The highest BCUT2D eigenvalue weighted by Crippen LogP contribution is 2.37. The summed E-state index contributed by atoms with van der Waals surface area (Å²) in [4.78, 5) is 26.8. The van der Waals surface area contributed by atoms with Crippen LogP contribution in [-0.4, -0.2) is 49.6 Å². The highest BCUT2D eigenvalue weighted by Gasteiger charge is 2.34. The summed E-state index contributed by atoms with van der Waals surface area (Å²) >= 11 is 0. The molecule has 0 bridgehead atoms. The SMILES string of the molecule is CN(C(=O)c1ccc2c(c1)C(=O)c1ccccc1-2)C1CCS(=O)(=O)C1. The molecular weight excluding hydrogens is 338 g/mol. The average molecular weight is 355 g/mol. The van der Waals surface area contributed by atoms with Crippen molar-refractivity contribution in [2.75, 3.05) is 18.6 Å². The number of amides is 1.